The van der Waals surface area contributed by atoms with Crippen LogP contribution in [0, 0.1) is 0 Å². The number of furan rings is 1. The molecule has 45 heavy (non-hydrogen) atoms. The highest BCUT2D eigenvalue weighted by molar-refractivity contribution is 6.21. The Hall–Kier alpha value is -5.92. The Labute approximate surface area is 277 Å². The summed E-state index contributed by atoms with van der Waals surface area (Å²) < 4.78 is 102. The van der Waals surface area contributed by atoms with Gasteiger partial charge in [-0.05, 0) is 84.2 Å². The molecule has 0 atom stereocenters. The maximum absolute atomic E-state index is 9.50. The second-order valence-corrected chi connectivity index (χ2v) is 10.8. The molecule has 8 aromatic carbocycles. The van der Waals surface area contributed by atoms with E-state index in [1.54, 1.807) is 12.1 Å². The monoisotopic (exact) mass is 583 g/mol. The summed E-state index contributed by atoms with van der Waals surface area (Å²) in [5, 5.41) is 4.11. The molecule has 0 bridgehead atoms. The van der Waals surface area contributed by atoms with Crippen LogP contribution in [0.4, 0.5) is 0 Å². The molecular weight excluding hydrogens is 544 g/mol. The van der Waals surface area contributed by atoms with Crippen LogP contribution in [0.15, 0.2) is 174 Å². The maximum Gasteiger partial charge on any atom is 0.136 e. The molecule has 1 nitrogen and oxygen atoms in total. The molecule has 0 aliphatic rings. The van der Waals surface area contributed by atoms with Crippen LogP contribution in [0.5, 0.6) is 0 Å². The van der Waals surface area contributed by atoms with E-state index in [0.717, 1.165) is 43.8 Å². The van der Waals surface area contributed by atoms with Crippen molar-refractivity contribution < 1.29 is 19.5 Å². The first-order valence-corrected chi connectivity index (χ1v) is 14.5. The molecule has 1 heterocycles. The number of benzene rings is 8. The smallest absolute Gasteiger partial charge is 0.136 e. The van der Waals surface area contributed by atoms with Gasteiger partial charge < -0.3 is 4.42 Å². The number of hydrogen-bond acceptors (Lipinski definition) is 1. The van der Waals surface area contributed by atoms with Crippen LogP contribution < -0.4 is 0 Å². The fourth-order valence-corrected chi connectivity index (χ4v) is 6.32. The van der Waals surface area contributed by atoms with Crippen LogP contribution in [-0.4, -0.2) is 0 Å². The SMILES string of the molecule is [2H]c1c([2H])c([2H])c(-c2c([2H])c([2H])c([2H])c3oc4c([2H])c([2H])c(-c5ccc(-c6c7ccccc7c(-c7ccccc7)c7ccccc67)cc5)c([2H])c4c23)c([2H])c1[2H]. The Morgan fingerprint density at radius 3 is 1.60 bits per heavy atom. The zero-order chi connectivity index (χ0) is 39.3. The summed E-state index contributed by atoms with van der Waals surface area (Å²) in [5.41, 5.74) is 3.48. The average Bonchev–Trinajstić information content (AvgIpc) is 3.62. The molecule has 0 aliphatic heterocycles. The van der Waals surface area contributed by atoms with Gasteiger partial charge in [0.1, 0.15) is 11.2 Å². The van der Waals surface area contributed by atoms with Crippen LogP contribution in [0.25, 0.3) is 88.0 Å². The van der Waals surface area contributed by atoms with Gasteiger partial charge in [-0.3, -0.25) is 0 Å². The van der Waals surface area contributed by atoms with Gasteiger partial charge in [0.2, 0.25) is 0 Å². The van der Waals surface area contributed by atoms with Gasteiger partial charge >= 0.3 is 0 Å². The fourth-order valence-electron chi connectivity index (χ4n) is 6.32. The molecule has 1 heteroatoms. The summed E-state index contributed by atoms with van der Waals surface area (Å²) in [6.07, 6.45) is 0. The minimum atomic E-state index is -0.653. The van der Waals surface area contributed by atoms with Crippen molar-refractivity contribution in [2.24, 2.45) is 0 Å². The van der Waals surface area contributed by atoms with E-state index < -0.39 is 54.4 Å². The number of rotatable bonds is 4. The van der Waals surface area contributed by atoms with Gasteiger partial charge in [0, 0.05) is 10.8 Å². The molecule has 0 radical (unpaired) electrons. The van der Waals surface area contributed by atoms with Crippen LogP contribution in [0.2, 0.25) is 0 Å². The molecule has 210 valence electrons. The van der Waals surface area contributed by atoms with Gasteiger partial charge in [0.15, 0.2) is 0 Å². The van der Waals surface area contributed by atoms with Crippen molar-refractivity contribution in [1.29, 1.82) is 0 Å². The van der Waals surface area contributed by atoms with Crippen molar-refractivity contribution in [3.05, 3.63) is 170 Å². The van der Waals surface area contributed by atoms with E-state index in [2.05, 4.69) is 36.4 Å². The predicted molar refractivity (Wildman–Crippen MR) is 190 cm³/mol. The van der Waals surface area contributed by atoms with Crippen molar-refractivity contribution in [2.45, 2.75) is 0 Å². The van der Waals surface area contributed by atoms with Crippen molar-refractivity contribution >= 4 is 43.5 Å². The Bertz CT molecular complexity index is 3050. The highest BCUT2D eigenvalue weighted by atomic mass is 16.3. The topological polar surface area (TPSA) is 13.1 Å². The lowest BCUT2D eigenvalue weighted by Crippen LogP contribution is -1.90. The predicted octanol–water partition coefficient (Wildman–Crippen LogP) is 12.6. The van der Waals surface area contributed by atoms with Gasteiger partial charge in [-0.25, -0.2) is 0 Å². The van der Waals surface area contributed by atoms with Crippen LogP contribution in [0.1, 0.15) is 15.1 Å². The van der Waals surface area contributed by atoms with Gasteiger partial charge in [0.25, 0.3) is 0 Å². The molecule has 0 spiro atoms. The average molecular weight is 584 g/mol. The van der Waals surface area contributed by atoms with E-state index in [4.69, 9.17) is 18.1 Å². The molecule has 0 amide bonds. The summed E-state index contributed by atoms with van der Waals surface area (Å²) in [5.74, 6) is 0. The van der Waals surface area contributed by atoms with E-state index in [0.29, 0.717) is 5.56 Å². The van der Waals surface area contributed by atoms with Crippen LogP contribution in [-0.2, 0) is 0 Å². The molecule has 0 unspecified atom stereocenters. The first kappa shape index (κ1) is 16.8. The fraction of sp³-hybridized carbons (Fsp3) is 0. The molecule has 9 aromatic rings. The van der Waals surface area contributed by atoms with E-state index in [9.17, 15) is 1.37 Å². The van der Waals surface area contributed by atoms with Gasteiger partial charge in [-0.15, -0.1) is 0 Å². The van der Waals surface area contributed by atoms with E-state index >= 15 is 0 Å². The molecule has 0 fully saturated rings. The van der Waals surface area contributed by atoms with E-state index in [-0.39, 0.29) is 50.7 Å². The summed E-state index contributed by atoms with van der Waals surface area (Å²) >= 11 is 0. The molecule has 0 saturated carbocycles. The third kappa shape index (κ3) is 4.17. The minimum Gasteiger partial charge on any atom is -0.456 e. The lowest BCUT2D eigenvalue weighted by Gasteiger charge is -2.18. The standard InChI is InChI=1S/C44H28O/c1-3-12-30(13-4-1)34-20-11-21-41-44(34)39-28-33(26-27-40(39)45-41)29-22-24-32(25-23-29)43-37-18-9-7-16-35(37)42(31-14-5-2-6-15-31)36-17-8-10-19-38(36)43/h1-28H/i1D,3D,4D,11D,12D,13D,20D,21D,26D,27D,28D. The highest BCUT2D eigenvalue weighted by Gasteiger charge is 2.17. The van der Waals surface area contributed by atoms with E-state index in [1.165, 1.54) is 0 Å². The number of fused-ring (bicyclic) bond motifs is 5. The van der Waals surface area contributed by atoms with Crippen molar-refractivity contribution in [3.63, 3.8) is 0 Å². The summed E-state index contributed by atoms with van der Waals surface area (Å²) in [4.78, 5) is 0. The quantitative estimate of drug-likeness (QED) is 0.188. The molecule has 0 aliphatic carbocycles. The van der Waals surface area contributed by atoms with Gasteiger partial charge in [-0.1, -0.05) is 151 Å². The Morgan fingerprint density at radius 2 is 0.956 bits per heavy atom. The molecule has 0 N–H and O–H groups in total. The Kier molecular flexibility index (Phi) is 3.87. The van der Waals surface area contributed by atoms with E-state index in [1.807, 2.05) is 54.6 Å². The largest absolute Gasteiger partial charge is 0.456 e. The second-order valence-electron chi connectivity index (χ2n) is 10.8. The maximum atomic E-state index is 9.50. The zero-order valence-corrected chi connectivity index (χ0v) is 23.7. The van der Waals surface area contributed by atoms with Crippen LogP contribution >= 0.6 is 0 Å². The molecular formula is C44H28O. The summed E-state index contributed by atoms with van der Waals surface area (Å²) in [6.45, 7) is 0. The second kappa shape index (κ2) is 10.4. The third-order valence-electron chi connectivity index (χ3n) is 8.28. The lowest BCUT2D eigenvalue weighted by atomic mass is 9.86. The molecule has 1 aromatic heterocycles. The first-order valence-electron chi connectivity index (χ1n) is 20.0. The minimum absolute atomic E-state index is 0.0580. The number of hydrogen-bond donors (Lipinski definition) is 0. The highest BCUT2D eigenvalue weighted by Crippen LogP contribution is 2.44. The molecule has 0 saturated heterocycles. The third-order valence-corrected chi connectivity index (χ3v) is 8.28. The Morgan fingerprint density at radius 1 is 0.378 bits per heavy atom. The van der Waals surface area contributed by atoms with Crippen LogP contribution in [0.3, 0.4) is 0 Å². The van der Waals surface area contributed by atoms with Crippen molar-refractivity contribution in [1.82, 2.24) is 0 Å². The van der Waals surface area contributed by atoms with Gasteiger partial charge in [0.05, 0.1) is 15.1 Å². The van der Waals surface area contributed by atoms with Crippen molar-refractivity contribution in [3.8, 4) is 44.5 Å². The summed E-state index contributed by atoms with van der Waals surface area (Å²) in [7, 11) is 0. The van der Waals surface area contributed by atoms with Crippen molar-refractivity contribution in [2.75, 3.05) is 0 Å². The summed E-state index contributed by atoms with van der Waals surface area (Å²) in [6, 6.07) is 28.3. The zero-order valence-electron chi connectivity index (χ0n) is 34.7. The molecule has 9 rings (SSSR count). The van der Waals surface area contributed by atoms with Gasteiger partial charge in [-0.2, -0.15) is 0 Å². The lowest BCUT2D eigenvalue weighted by molar-refractivity contribution is 0.669. The first-order chi connectivity index (χ1) is 26.9. The Balaban J connectivity index is 1.30. The normalized spacial score (nSPS) is 15.0.